The summed E-state index contributed by atoms with van der Waals surface area (Å²) in [7, 11) is 1.40. The van der Waals surface area contributed by atoms with Gasteiger partial charge in [0.15, 0.2) is 0 Å². The number of alkyl halides is 3. The van der Waals surface area contributed by atoms with Gasteiger partial charge in [0.1, 0.15) is 5.75 Å². The van der Waals surface area contributed by atoms with E-state index in [1.165, 1.54) is 25.4 Å². The van der Waals surface area contributed by atoms with Gasteiger partial charge in [-0.1, -0.05) is 20.8 Å². The molecule has 0 unspecified atom stereocenters. The molecule has 4 N–H and O–H groups in total. The number of aromatic nitrogens is 1. The fraction of sp³-hybridized carbons (Fsp3) is 0.250. The number of amides is 1. The number of halogens is 3. The van der Waals surface area contributed by atoms with E-state index in [1.807, 2.05) is 20.8 Å². The molecular formula is C24H24F3N3O3. The number of carbonyl (C=O) groups is 1. The molecule has 1 amide bonds. The van der Waals surface area contributed by atoms with Gasteiger partial charge in [-0.25, -0.2) is 0 Å². The van der Waals surface area contributed by atoms with Crippen molar-refractivity contribution in [2.75, 3.05) is 18.2 Å². The van der Waals surface area contributed by atoms with Crippen LogP contribution in [0.2, 0.25) is 0 Å². The lowest BCUT2D eigenvalue weighted by molar-refractivity contribution is -0.137. The van der Waals surface area contributed by atoms with Crippen molar-refractivity contribution in [1.82, 2.24) is 4.98 Å². The first-order valence-corrected chi connectivity index (χ1v) is 10.0. The standard InChI is InChI=1S/C24H24F3N3O3/c1-23(2,3)18-10-13(15-6-5-9-29-21(15)31)11-19(20(18)33-4)30-22(32)16-8-7-14(28)12-17(16)24(25,26)27/h5-12H,28H2,1-4H3,(H,29,31)(H,30,32). The van der Waals surface area contributed by atoms with Gasteiger partial charge in [0.25, 0.3) is 11.5 Å². The topological polar surface area (TPSA) is 97.2 Å². The first-order chi connectivity index (χ1) is 15.3. The van der Waals surface area contributed by atoms with Gasteiger partial charge in [-0.15, -0.1) is 0 Å². The fourth-order valence-electron chi connectivity index (χ4n) is 3.49. The monoisotopic (exact) mass is 459 g/mol. The Morgan fingerprint density at radius 2 is 1.76 bits per heavy atom. The lowest BCUT2D eigenvalue weighted by Crippen LogP contribution is -2.21. The second kappa shape index (κ2) is 8.65. The third-order valence-electron chi connectivity index (χ3n) is 5.07. The summed E-state index contributed by atoms with van der Waals surface area (Å²) in [6.45, 7) is 5.74. The minimum atomic E-state index is -4.78. The molecule has 0 bridgehead atoms. The summed E-state index contributed by atoms with van der Waals surface area (Å²) in [5, 5.41) is 2.53. The normalized spacial score (nSPS) is 11.8. The zero-order valence-corrected chi connectivity index (χ0v) is 18.6. The third kappa shape index (κ3) is 5.02. The zero-order valence-electron chi connectivity index (χ0n) is 18.6. The van der Waals surface area contributed by atoms with Gasteiger partial charge in [0.05, 0.1) is 23.9 Å². The maximum Gasteiger partial charge on any atom is 0.417 e. The maximum absolute atomic E-state index is 13.5. The number of carbonyl (C=O) groups excluding carboxylic acids is 1. The van der Waals surface area contributed by atoms with Crippen LogP contribution in [-0.4, -0.2) is 18.0 Å². The van der Waals surface area contributed by atoms with Crippen LogP contribution in [0.1, 0.15) is 42.3 Å². The summed E-state index contributed by atoms with van der Waals surface area (Å²) in [6.07, 6.45) is -3.29. The first-order valence-electron chi connectivity index (χ1n) is 10.0. The lowest BCUT2D eigenvalue weighted by Gasteiger charge is -2.25. The molecule has 0 aliphatic heterocycles. The summed E-state index contributed by atoms with van der Waals surface area (Å²) >= 11 is 0. The Hall–Kier alpha value is -3.75. The van der Waals surface area contributed by atoms with Crippen LogP contribution in [0.25, 0.3) is 11.1 Å². The Kier molecular flexibility index (Phi) is 6.26. The number of methoxy groups -OCH3 is 1. The summed E-state index contributed by atoms with van der Waals surface area (Å²) in [5.74, 6) is -0.699. The van der Waals surface area contributed by atoms with Crippen LogP contribution in [0, 0.1) is 0 Å². The van der Waals surface area contributed by atoms with Crippen LogP contribution in [0.15, 0.2) is 53.5 Å². The van der Waals surface area contributed by atoms with Crippen LogP contribution in [0.3, 0.4) is 0 Å². The van der Waals surface area contributed by atoms with Gasteiger partial charge in [-0.05, 0) is 53.4 Å². The molecule has 1 heterocycles. The van der Waals surface area contributed by atoms with E-state index in [-0.39, 0.29) is 22.7 Å². The van der Waals surface area contributed by atoms with Gasteiger partial charge in [-0.3, -0.25) is 9.59 Å². The van der Waals surface area contributed by atoms with Crippen molar-refractivity contribution in [2.24, 2.45) is 0 Å². The highest BCUT2D eigenvalue weighted by Crippen LogP contribution is 2.41. The second-order valence-corrected chi connectivity index (χ2v) is 8.52. The number of H-pyrrole nitrogens is 1. The molecule has 0 atom stereocenters. The molecule has 0 aliphatic rings. The number of rotatable bonds is 4. The summed E-state index contributed by atoms with van der Waals surface area (Å²) in [6, 6.07) is 9.50. The first kappa shape index (κ1) is 23.9. The highest BCUT2D eigenvalue weighted by molar-refractivity contribution is 6.07. The molecule has 9 heteroatoms. The lowest BCUT2D eigenvalue weighted by atomic mass is 9.84. The highest BCUT2D eigenvalue weighted by Gasteiger charge is 2.36. The Morgan fingerprint density at radius 3 is 2.33 bits per heavy atom. The Labute approximate surface area is 188 Å². The van der Waals surface area contributed by atoms with Gasteiger partial charge in [0.2, 0.25) is 0 Å². The Morgan fingerprint density at radius 1 is 1.06 bits per heavy atom. The van der Waals surface area contributed by atoms with Crippen molar-refractivity contribution in [1.29, 1.82) is 0 Å². The minimum Gasteiger partial charge on any atom is -0.494 e. The predicted molar refractivity (Wildman–Crippen MR) is 122 cm³/mol. The summed E-state index contributed by atoms with van der Waals surface area (Å²) in [4.78, 5) is 27.9. The SMILES string of the molecule is COc1c(NC(=O)c2ccc(N)cc2C(F)(F)F)cc(-c2ccc[nH]c2=O)cc1C(C)(C)C. The molecular weight excluding hydrogens is 435 g/mol. The van der Waals surface area contributed by atoms with E-state index in [4.69, 9.17) is 10.5 Å². The number of nitrogens with two attached hydrogens (primary N) is 1. The Bertz CT molecular complexity index is 1260. The van der Waals surface area contributed by atoms with E-state index in [0.717, 1.165) is 6.07 Å². The molecule has 0 spiro atoms. The number of anilines is 2. The number of nitrogen functional groups attached to an aromatic ring is 1. The van der Waals surface area contributed by atoms with Crippen LogP contribution in [0.4, 0.5) is 24.5 Å². The van der Waals surface area contributed by atoms with Crippen LogP contribution < -0.4 is 21.3 Å². The third-order valence-corrected chi connectivity index (χ3v) is 5.07. The van der Waals surface area contributed by atoms with E-state index in [0.29, 0.717) is 22.8 Å². The van der Waals surface area contributed by atoms with Gasteiger partial charge < -0.3 is 20.8 Å². The molecule has 33 heavy (non-hydrogen) atoms. The number of benzene rings is 2. The molecule has 0 aliphatic carbocycles. The van der Waals surface area contributed by atoms with Crippen LogP contribution >= 0.6 is 0 Å². The zero-order chi connectivity index (χ0) is 24.6. The average Bonchev–Trinajstić information content (AvgIpc) is 2.72. The van der Waals surface area contributed by atoms with E-state index < -0.39 is 28.6 Å². The maximum atomic E-state index is 13.5. The molecule has 0 saturated carbocycles. The quantitative estimate of drug-likeness (QED) is 0.467. The van der Waals surface area contributed by atoms with Crippen molar-refractivity contribution in [3.8, 4) is 16.9 Å². The molecule has 0 radical (unpaired) electrons. The largest absolute Gasteiger partial charge is 0.494 e. The van der Waals surface area contributed by atoms with Crippen molar-refractivity contribution >= 4 is 17.3 Å². The molecule has 0 fully saturated rings. The molecule has 0 saturated heterocycles. The number of hydrogen-bond donors (Lipinski definition) is 3. The van der Waals surface area contributed by atoms with Gasteiger partial charge in [0, 0.05) is 23.0 Å². The summed E-state index contributed by atoms with van der Waals surface area (Å²) < 4.78 is 46.1. The van der Waals surface area contributed by atoms with Crippen molar-refractivity contribution in [3.05, 3.63) is 75.7 Å². The minimum absolute atomic E-state index is 0.114. The highest BCUT2D eigenvalue weighted by atomic mass is 19.4. The predicted octanol–water partition coefficient (Wildman–Crippen LogP) is 5.20. The van der Waals surface area contributed by atoms with E-state index in [9.17, 15) is 22.8 Å². The molecule has 3 rings (SSSR count). The van der Waals surface area contributed by atoms with Crippen LogP contribution in [0.5, 0.6) is 5.75 Å². The van der Waals surface area contributed by atoms with E-state index >= 15 is 0 Å². The van der Waals surface area contributed by atoms with E-state index in [2.05, 4.69) is 10.3 Å². The van der Waals surface area contributed by atoms with Gasteiger partial charge >= 0.3 is 6.18 Å². The summed E-state index contributed by atoms with van der Waals surface area (Å²) in [5.41, 5.74) is 4.45. The molecule has 3 aromatic rings. The van der Waals surface area contributed by atoms with Crippen molar-refractivity contribution in [2.45, 2.75) is 32.4 Å². The molecule has 174 valence electrons. The molecule has 6 nitrogen and oxygen atoms in total. The molecule has 1 aromatic heterocycles. The smallest absolute Gasteiger partial charge is 0.417 e. The number of ether oxygens (including phenoxy) is 1. The number of hydrogen-bond acceptors (Lipinski definition) is 4. The number of nitrogens with one attached hydrogen (secondary N) is 2. The van der Waals surface area contributed by atoms with Crippen molar-refractivity contribution < 1.29 is 22.7 Å². The van der Waals surface area contributed by atoms with Crippen molar-refractivity contribution in [3.63, 3.8) is 0 Å². The Balaban J connectivity index is 2.19. The number of aromatic amines is 1. The van der Waals surface area contributed by atoms with Crippen LogP contribution in [-0.2, 0) is 11.6 Å². The second-order valence-electron chi connectivity index (χ2n) is 8.52. The van der Waals surface area contributed by atoms with E-state index in [1.54, 1.807) is 18.2 Å². The van der Waals surface area contributed by atoms with Gasteiger partial charge in [-0.2, -0.15) is 13.2 Å². The fourth-order valence-corrected chi connectivity index (χ4v) is 3.49. The average molecular weight is 459 g/mol. The molecule has 2 aromatic carbocycles. The number of pyridine rings is 1.